The second-order valence-corrected chi connectivity index (χ2v) is 8.58. The number of aryl methyl sites for hydroxylation is 1. The van der Waals surface area contributed by atoms with Crippen molar-refractivity contribution in [3.05, 3.63) is 76.1 Å². The third kappa shape index (κ3) is 4.50. The molecular weight excluding hydrogens is 436 g/mol. The maximum absolute atomic E-state index is 13.5. The zero-order chi connectivity index (χ0) is 23.4. The van der Waals surface area contributed by atoms with Crippen LogP contribution >= 0.6 is 11.3 Å². The Morgan fingerprint density at radius 2 is 1.76 bits per heavy atom. The highest BCUT2D eigenvalue weighted by Gasteiger charge is 2.41. The highest BCUT2D eigenvalue weighted by molar-refractivity contribution is 7.11. The van der Waals surface area contributed by atoms with Gasteiger partial charge in [0.1, 0.15) is 17.2 Å². The molecule has 0 atom stereocenters. The largest absolute Gasteiger partial charge is 0.497 e. The molecule has 170 valence electrons. The molecule has 0 spiro atoms. The fourth-order valence-electron chi connectivity index (χ4n) is 3.76. The summed E-state index contributed by atoms with van der Waals surface area (Å²) in [6.45, 7) is 2.15. The van der Waals surface area contributed by atoms with Gasteiger partial charge in [0.25, 0.3) is 11.8 Å². The predicted molar refractivity (Wildman–Crippen MR) is 132 cm³/mol. The lowest BCUT2D eigenvalue weighted by molar-refractivity contribution is -0.120. The molecule has 2 heterocycles. The Kier molecular flexibility index (Phi) is 6.79. The van der Waals surface area contributed by atoms with Crippen molar-refractivity contribution in [2.45, 2.75) is 26.2 Å². The van der Waals surface area contributed by atoms with Gasteiger partial charge in [-0.1, -0.05) is 31.5 Å². The predicted octanol–water partition coefficient (Wildman–Crippen LogP) is 5.50. The molecule has 1 N–H and O–H groups in total. The van der Waals surface area contributed by atoms with E-state index in [-0.39, 0.29) is 11.6 Å². The second kappa shape index (κ2) is 9.92. The van der Waals surface area contributed by atoms with Gasteiger partial charge in [-0.15, -0.1) is 11.3 Å². The molecule has 33 heavy (non-hydrogen) atoms. The monoisotopic (exact) mass is 462 g/mol. The first-order valence-corrected chi connectivity index (χ1v) is 11.7. The SMILES string of the molecule is CCCCc1ccc(N2C(=O)C(Nc3ccc(OC)cc3OC)=C(c3cccs3)C2=O)cc1. The van der Waals surface area contributed by atoms with E-state index in [1.807, 2.05) is 41.8 Å². The minimum atomic E-state index is -0.400. The van der Waals surface area contributed by atoms with E-state index in [1.165, 1.54) is 21.8 Å². The molecule has 7 heteroatoms. The van der Waals surface area contributed by atoms with Crippen LogP contribution in [0.15, 0.2) is 65.7 Å². The number of amides is 2. The molecule has 0 radical (unpaired) electrons. The maximum atomic E-state index is 13.5. The summed E-state index contributed by atoms with van der Waals surface area (Å²) in [7, 11) is 3.12. The molecule has 1 aliphatic rings. The standard InChI is InChI=1S/C26H26N2O4S/c1-4-5-7-17-9-11-18(12-10-17)28-25(29)23(22-8-6-15-33-22)24(26(28)30)27-20-14-13-19(31-2)16-21(20)32-3/h6,8-16,27H,4-5,7H2,1-3H3. The van der Waals surface area contributed by atoms with E-state index < -0.39 is 5.91 Å². The highest BCUT2D eigenvalue weighted by Crippen LogP contribution is 2.38. The Bertz CT molecular complexity index is 1180. The first-order chi connectivity index (χ1) is 16.1. The Morgan fingerprint density at radius 1 is 0.970 bits per heavy atom. The quantitative estimate of drug-likeness (QED) is 0.425. The van der Waals surface area contributed by atoms with Crippen LogP contribution in [0.1, 0.15) is 30.2 Å². The number of ether oxygens (including phenoxy) is 2. The molecule has 2 amide bonds. The van der Waals surface area contributed by atoms with E-state index in [0.29, 0.717) is 28.4 Å². The molecule has 1 aliphatic heterocycles. The van der Waals surface area contributed by atoms with Crippen LogP contribution in [0.5, 0.6) is 11.5 Å². The van der Waals surface area contributed by atoms with Crippen LogP contribution in [0, 0.1) is 0 Å². The van der Waals surface area contributed by atoms with Crippen molar-refractivity contribution < 1.29 is 19.1 Å². The molecule has 0 aliphatic carbocycles. The average Bonchev–Trinajstić information content (AvgIpc) is 3.45. The van der Waals surface area contributed by atoms with Crippen LogP contribution in [-0.2, 0) is 16.0 Å². The van der Waals surface area contributed by atoms with Crippen LogP contribution in [0.3, 0.4) is 0 Å². The van der Waals surface area contributed by atoms with Gasteiger partial charge < -0.3 is 14.8 Å². The van der Waals surface area contributed by atoms with E-state index in [0.717, 1.165) is 24.1 Å². The summed E-state index contributed by atoms with van der Waals surface area (Å²) in [6.07, 6.45) is 3.19. The summed E-state index contributed by atoms with van der Waals surface area (Å²) in [5.74, 6) is 0.385. The number of nitrogens with one attached hydrogen (secondary N) is 1. The summed E-state index contributed by atoms with van der Waals surface area (Å²) >= 11 is 1.42. The van der Waals surface area contributed by atoms with Gasteiger partial charge in [-0.3, -0.25) is 9.59 Å². The van der Waals surface area contributed by atoms with E-state index in [1.54, 1.807) is 32.4 Å². The van der Waals surface area contributed by atoms with Crippen LogP contribution in [-0.4, -0.2) is 26.0 Å². The first-order valence-electron chi connectivity index (χ1n) is 10.8. The Hall–Kier alpha value is -3.58. The lowest BCUT2D eigenvalue weighted by Gasteiger charge is -2.16. The molecule has 4 rings (SSSR count). The Labute approximate surface area is 197 Å². The maximum Gasteiger partial charge on any atom is 0.282 e. The van der Waals surface area contributed by atoms with Gasteiger partial charge in [0.05, 0.1) is 31.2 Å². The third-order valence-electron chi connectivity index (χ3n) is 5.53. The number of carbonyl (C=O) groups is 2. The Morgan fingerprint density at radius 3 is 2.39 bits per heavy atom. The molecule has 2 aromatic carbocycles. The summed E-state index contributed by atoms with van der Waals surface area (Å²) in [4.78, 5) is 29.0. The number of hydrogen-bond donors (Lipinski definition) is 1. The topological polar surface area (TPSA) is 67.9 Å². The van der Waals surface area contributed by atoms with Crippen molar-refractivity contribution in [3.8, 4) is 11.5 Å². The summed E-state index contributed by atoms with van der Waals surface area (Å²) in [6, 6.07) is 16.6. The fraction of sp³-hybridized carbons (Fsp3) is 0.231. The number of hydrogen-bond acceptors (Lipinski definition) is 6. The van der Waals surface area contributed by atoms with Crippen molar-refractivity contribution in [1.82, 2.24) is 0 Å². The van der Waals surface area contributed by atoms with Crippen molar-refractivity contribution >= 4 is 40.1 Å². The average molecular weight is 463 g/mol. The molecule has 0 unspecified atom stereocenters. The summed E-state index contributed by atoms with van der Waals surface area (Å²) < 4.78 is 10.7. The molecule has 1 aromatic heterocycles. The normalized spacial score (nSPS) is 13.6. The third-order valence-corrected chi connectivity index (χ3v) is 6.42. The number of rotatable bonds is 9. The molecular formula is C26H26N2O4S. The molecule has 0 fully saturated rings. The smallest absolute Gasteiger partial charge is 0.282 e. The second-order valence-electron chi connectivity index (χ2n) is 7.63. The number of benzene rings is 2. The molecule has 0 saturated carbocycles. The zero-order valence-corrected chi connectivity index (χ0v) is 19.7. The lowest BCUT2D eigenvalue weighted by Crippen LogP contribution is -2.32. The molecule has 0 bridgehead atoms. The molecule has 6 nitrogen and oxygen atoms in total. The number of anilines is 2. The number of methoxy groups -OCH3 is 2. The van der Waals surface area contributed by atoms with Gasteiger partial charge in [0.2, 0.25) is 0 Å². The van der Waals surface area contributed by atoms with Crippen LogP contribution in [0.25, 0.3) is 5.57 Å². The highest BCUT2D eigenvalue weighted by atomic mass is 32.1. The first kappa shape index (κ1) is 22.6. The lowest BCUT2D eigenvalue weighted by atomic mass is 10.1. The van der Waals surface area contributed by atoms with Gasteiger partial charge in [-0.2, -0.15) is 0 Å². The number of nitrogens with zero attached hydrogens (tertiary/aromatic N) is 1. The number of imide groups is 1. The van der Waals surface area contributed by atoms with Crippen molar-refractivity contribution in [1.29, 1.82) is 0 Å². The van der Waals surface area contributed by atoms with Crippen molar-refractivity contribution in [2.24, 2.45) is 0 Å². The van der Waals surface area contributed by atoms with E-state index in [9.17, 15) is 9.59 Å². The van der Waals surface area contributed by atoms with Gasteiger partial charge in [0.15, 0.2) is 0 Å². The van der Waals surface area contributed by atoms with Gasteiger partial charge >= 0.3 is 0 Å². The summed E-state index contributed by atoms with van der Waals surface area (Å²) in [5.41, 5.74) is 2.88. The number of thiophene rings is 1. The van der Waals surface area contributed by atoms with Crippen molar-refractivity contribution in [3.63, 3.8) is 0 Å². The van der Waals surface area contributed by atoms with E-state index in [4.69, 9.17) is 9.47 Å². The van der Waals surface area contributed by atoms with Crippen LogP contribution in [0.2, 0.25) is 0 Å². The van der Waals surface area contributed by atoms with Crippen molar-refractivity contribution in [2.75, 3.05) is 24.4 Å². The zero-order valence-electron chi connectivity index (χ0n) is 18.9. The molecule has 3 aromatic rings. The minimum Gasteiger partial charge on any atom is -0.497 e. The van der Waals surface area contributed by atoms with Crippen LogP contribution < -0.4 is 19.7 Å². The van der Waals surface area contributed by atoms with Gasteiger partial charge in [-0.05, 0) is 54.1 Å². The van der Waals surface area contributed by atoms with Gasteiger partial charge in [-0.25, -0.2) is 4.90 Å². The minimum absolute atomic E-state index is 0.223. The van der Waals surface area contributed by atoms with Crippen LogP contribution in [0.4, 0.5) is 11.4 Å². The fourth-order valence-corrected chi connectivity index (χ4v) is 4.53. The van der Waals surface area contributed by atoms with Gasteiger partial charge in [0, 0.05) is 10.9 Å². The summed E-state index contributed by atoms with van der Waals surface area (Å²) in [5, 5.41) is 5.05. The van der Waals surface area contributed by atoms with E-state index >= 15 is 0 Å². The Balaban J connectivity index is 1.71. The molecule has 0 saturated heterocycles. The van der Waals surface area contributed by atoms with E-state index in [2.05, 4.69) is 12.2 Å². The number of unbranched alkanes of at least 4 members (excludes halogenated alkanes) is 1. The number of carbonyl (C=O) groups excluding carboxylic acids is 2.